The van der Waals surface area contributed by atoms with Crippen molar-refractivity contribution in [2.75, 3.05) is 11.4 Å². The van der Waals surface area contributed by atoms with E-state index in [1.54, 1.807) is 59.5 Å². The zero-order valence-corrected chi connectivity index (χ0v) is 15.7. The molecular formula is C22H17N3O5. The number of hydrogen-bond acceptors (Lipinski definition) is 6. The van der Waals surface area contributed by atoms with Crippen LogP contribution in [0.5, 0.6) is 5.75 Å². The van der Waals surface area contributed by atoms with Gasteiger partial charge in [0.15, 0.2) is 11.9 Å². The lowest BCUT2D eigenvalue weighted by Gasteiger charge is -2.34. The van der Waals surface area contributed by atoms with Crippen LogP contribution in [-0.2, 0) is 4.79 Å². The summed E-state index contributed by atoms with van der Waals surface area (Å²) in [5.41, 5.74) is 6.61. The van der Waals surface area contributed by atoms with E-state index in [9.17, 15) is 19.7 Å². The number of nitro benzene ring substituents is 1. The largest absolute Gasteiger partial charge is 0.477 e. The molecule has 1 atom stereocenters. The van der Waals surface area contributed by atoms with E-state index >= 15 is 0 Å². The second kappa shape index (κ2) is 7.67. The van der Waals surface area contributed by atoms with Crippen molar-refractivity contribution in [3.8, 4) is 5.75 Å². The summed E-state index contributed by atoms with van der Waals surface area (Å²) in [4.78, 5) is 37.4. The first-order valence-corrected chi connectivity index (χ1v) is 9.16. The molecule has 8 nitrogen and oxygen atoms in total. The highest BCUT2D eigenvalue weighted by Gasteiger charge is 2.33. The second-order valence-electron chi connectivity index (χ2n) is 6.74. The number of nitro groups is 1. The third-order valence-corrected chi connectivity index (χ3v) is 4.85. The van der Waals surface area contributed by atoms with E-state index in [0.717, 1.165) is 0 Å². The van der Waals surface area contributed by atoms with Gasteiger partial charge in [-0.1, -0.05) is 42.5 Å². The molecule has 0 saturated carbocycles. The highest BCUT2D eigenvalue weighted by atomic mass is 16.6. The number of rotatable bonds is 5. The van der Waals surface area contributed by atoms with Crippen molar-refractivity contribution in [2.24, 2.45) is 5.73 Å². The lowest BCUT2D eigenvalue weighted by Crippen LogP contribution is -2.45. The molecule has 4 rings (SSSR count). The number of benzene rings is 3. The first kappa shape index (κ1) is 19.1. The van der Waals surface area contributed by atoms with E-state index in [-0.39, 0.29) is 29.3 Å². The summed E-state index contributed by atoms with van der Waals surface area (Å²) in [6, 6.07) is 19.7. The topological polar surface area (TPSA) is 116 Å². The van der Waals surface area contributed by atoms with Crippen molar-refractivity contribution >= 4 is 28.8 Å². The minimum absolute atomic E-state index is 0.0131. The number of hydrogen-bond donors (Lipinski definition) is 1. The fraction of sp³-hybridized carbons (Fsp3) is 0.0909. The Morgan fingerprint density at radius 2 is 1.67 bits per heavy atom. The Morgan fingerprint density at radius 1 is 0.967 bits per heavy atom. The van der Waals surface area contributed by atoms with E-state index in [1.807, 2.05) is 0 Å². The zero-order valence-electron chi connectivity index (χ0n) is 15.7. The average molecular weight is 403 g/mol. The molecule has 150 valence electrons. The number of carbonyl (C=O) groups excluding carboxylic acids is 2. The maximum absolute atomic E-state index is 12.7. The molecule has 0 aromatic heterocycles. The maximum Gasteiger partial charge on any atom is 0.293 e. The van der Waals surface area contributed by atoms with Crippen molar-refractivity contribution in [1.29, 1.82) is 0 Å². The molecule has 0 bridgehead atoms. The molecule has 1 amide bonds. The van der Waals surface area contributed by atoms with Gasteiger partial charge in [-0.05, 0) is 24.3 Å². The number of ether oxygens (including phenoxy) is 1. The number of amides is 1. The normalized spacial score (nSPS) is 15.1. The van der Waals surface area contributed by atoms with Gasteiger partial charge >= 0.3 is 0 Å². The molecule has 1 aliphatic rings. The fourth-order valence-electron chi connectivity index (χ4n) is 3.41. The van der Waals surface area contributed by atoms with Gasteiger partial charge in [0, 0.05) is 17.2 Å². The van der Waals surface area contributed by atoms with Gasteiger partial charge in [0.2, 0.25) is 0 Å². The predicted octanol–water partition coefficient (Wildman–Crippen LogP) is 3.21. The van der Waals surface area contributed by atoms with Gasteiger partial charge in [-0.15, -0.1) is 0 Å². The Labute approximate surface area is 171 Å². The lowest BCUT2D eigenvalue weighted by molar-refractivity contribution is -0.384. The van der Waals surface area contributed by atoms with Crippen molar-refractivity contribution in [2.45, 2.75) is 6.10 Å². The van der Waals surface area contributed by atoms with Gasteiger partial charge in [-0.3, -0.25) is 19.7 Å². The molecule has 3 aromatic carbocycles. The molecule has 0 unspecified atom stereocenters. The molecule has 0 aliphatic carbocycles. The van der Waals surface area contributed by atoms with Crippen LogP contribution in [0.3, 0.4) is 0 Å². The molecule has 3 aromatic rings. The third kappa shape index (κ3) is 3.46. The third-order valence-electron chi connectivity index (χ3n) is 4.85. The monoisotopic (exact) mass is 403 g/mol. The maximum atomic E-state index is 12.7. The van der Waals surface area contributed by atoms with Crippen molar-refractivity contribution in [3.63, 3.8) is 0 Å². The Kier molecular flexibility index (Phi) is 4.89. The smallest absolute Gasteiger partial charge is 0.293 e. The Balaban J connectivity index is 1.80. The first-order chi connectivity index (χ1) is 14.5. The minimum Gasteiger partial charge on any atom is -0.477 e. The molecule has 1 heterocycles. The second-order valence-corrected chi connectivity index (χ2v) is 6.74. The van der Waals surface area contributed by atoms with Gasteiger partial charge in [0.25, 0.3) is 11.6 Å². The summed E-state index contributed by atoms with van der Waals surface area (Å²) in [6.45, 7) is 0.0131. The number of para-hydroxylation sites is 2. The number of nitrogens with two attached hydrogens (primary N) is 1. The van der Waals surface area contributed by atoms with Crippen LogP contribution in [0.15, 0.2) is 72.8 Å². The average Bonchev–Trinajstić information content (AvgIpc) is 2.78. The van der Waals surface area contributed by atoms with Crippen molar-refractivity contribution < 1.29 is 19.2 Å². The summed E-state index contributed by atoms with van der Waals surface area (Å²) in [5, 5.41) is 11.8. The molecule has 0 spiro atoms. The van der Waals surface area contributed by atoms with E-state index in [4.69, 9.17) is 10.5 Å². The van der Waals surface area contributed by atoms with Gasteiger partial charge in [0.05, 0.1) is 17.2 Å². The Morgan fingerprint density at radius 3 is 2.37 bits per heavy atom. The van der Waals surface area contributed by atoms with E-state index < -0.39 is 16.9 Å². The van der Waals surface area contributed by atoms with Crippen LogP contribution in [0.4, 0.5) is 17.1 Å². The Bertz CT molecular complexity index is 1150. The Hall–Kier alpha value is -4.20. The van der Waals surface area contributed by atoms with E-state index in [1.165, 1.54) is 18.2 Å². The van der Waals surface area contributed by atoms with Crippen molar-refractivity contribution in [3.05, 3.63) is 94.0 Å². The molecule has 1 aliphatic heterocycles. The number of nitrogens with zero attached hydrogens (tertiary/aromatic N) is 2. The summed E-state index contributed by atoms with van der Waals surface area (Å²) in [5.74, 6) is -0.595. The quantitative estimate of drug-likeness (QED) is 0.397. The van der Waals surface area contributed by atoms with Crippen molar-refractivity contribution in [1.82, 2.24) is 0 Å². The molecule has 0 radical (unpaired) electrons. The van der Waals surface area contributed by atoms with Crippen LogP contribution in [0, 0.1) is 10.1 Å². The summed E-state index contributed by atoms with van der Waals surface area (Å²) in [7, 11) is 0. The molecule has 2 N–H and O–H groups in total. The molecule has 8 heteroatoms. The standard InChI is InChI=1S/C22H17N3O5/c23-22(27)20-13-24(17-8-4-5-9-19(17)30-20)16-11-10-15(12-18(16)25(28)29)21(26)14-6-2-1-3-7-14/h1-12,20H,13H2,(H2,23,27)/t20-/m1/s1. The van der Waals surface area contributed by atoms with Gasteiger partial charge in [-0.2, -0.15) is 0 Å². The van der Waals surface area contributed by atoms with Gasteiger partial charge in [0.1, 0.15) is 11.4 Å². The van der Waals surface area contributed by atoms with Crippen LogP contribution in [0.2, 0.25) is 0 Å². The van der Waals surface area contributed by atoms with Crippen LogP contribution < -0.4 is 15.4 Å². The SMILES string of the molecule is NC(=O)[C@H]1CN(c2ccc(C(=O)c3ccccc3)cc2[N+](=O)[O-])c2ccccc2O1. The van der Waals surface area contributed by atoms with Gasteiger partial charge < -0.3 is 15.4 Å². The van der Waals surface area contributed by atoms with Crippen LogP contribution >= 0.6 is 0 Å². The number of ketones is 1. The lowest BCUT2D eigenvalue weighted by atomic mass is 10.0. The predicted molar refractivity (Wildman–Crippen MR) is 110 cm³/mol. The number of primary amides is 1. The van der Waals surface area contributed by atoms with E-state index in [2.05, 4.69) is 0 Å². The first-order valence-electron chi connectivity index (χ1n) is 9.16. The number of fused-ring (bicyclic) bond motifs is 1. The summed E-state index contributed by atoms with van der Waals surface area (Å²) >= 11 is 0. The fourth-order valence-corrected chi connectivity index (χ4v) is 3.41. The van der Waals surface area contributed by atoms with Gasteiger partial charge in [-0.25, -0.2) is 0 Å². The van der Waals surface area contributed by atoms with Crippen LogP contribution in [-0.4, -0.2) is 29.3 Å². The van der Waals surface area contributed by atoms with Crippen LogP contribution in [0.25, 0.3) is 0 Å². The molecule has 30 heavy (non-hydrogen) atoms. The minimum atomic E-state index is -0.967. The molecule has 0 fully saturated rings. The number of anilines is 2. The number of carbonyl (C=O) groups is 2. The highest BCUT2D eigenvalue weighted by Crippen LogP contribution is 2.42. The highest BCUT2D eigenvalue weighted by molar-refractivity contribution is 6.09. The van der Waals surface area contributed by atoms with E-state index in [0.29, 0.717) is 17.0 Å². The zero-order chi connectivity index (χ0) is 21.3. The summed E-state index contributed by atoms with van der Waals surface area (Å²) < 4.78 is 5.63. The van der Waals surface area contributed by atoms with Crippen LogP contribution in [0.1, 0.15) is 15.9 Å². The molecule has 0 saturated heterocycles. The molecular weight excluding hydrogens is 386 g/mol. The summed E-state index contributed by atoms with van der Waals surface area (Å²) in [6.07, 6.45) is -0.967.